The molecule has 0 radical (unpaired) electrons. The molecule has 2 N–H and O–H groups in total. The Kier molecular flexibility index (Phi) is 7.25. The van der Waals surface area contributed by atoms with Gasteiger partial charge in [0.15, 0.2) is 6.61 Å². The molecule has 0 unspecified atom stereocenters. The summed E-state index contributed by atoms with van der Waals surface area (Å²) in [6, 6.07) is 8.33. The first-order valence-electron chi connectivity index (χ1n) is 8.25. The number of hydrogen-bond acceptors (Lipinski definition) is 6. The quantitative estimate of drug-likeness (QED) is 0.535. The van der Waals surface area contributed by atoms with Gasteiger partial charge in [0.25, 0.3) is 0 Å². The Labute approximate surface area is 160 Å². The summed E-state index contributed by atoms with van der Waals surface area (Å²) in [6.07, 6.45) is 0.751. The summed E-state index contributed by atoms with van der Waals surface area (Å²) >= 11 is 1.55. The van der Waals surface area contributed by atoms with E-state index in [2.05, 4.69) is 10.6 Å². The van der Waals surface area contributed by atoms with Crippen LogP contribution in [-0.2, 0) is 25.5 Å². The van der Waals surface area contributed by atoms with Crippen molar-refractivity contribution in [3.05, 3.63) is 46.2 Å². The van der Waals surface area contributed by atoms with Gasteiger partial charge < -0.3 is 15.4 Å². The molecule has 27 heavy (non-hydrogen) atoms. The highest BCUT2D eigenvalue weighted by atomic mass is 32.1. The van der Waals surface area contributed by atoms with Crippen LogP contribution in [0.1, 0.15) is 35.5 Å². The number of carbonyl (C=O) groups excluding carboxylic acids is 4. The Morgan fingerprint density at radius 2 is 1.78 bits per heavy atom. The van der Waals surface area contributed by atoms with E-state index in [1.165, 1.54) is 26.0 Å². The van der Waals surface area contributed by atoms with E-state index < -0.39 is 18.4 Å². The van der Waals surface area contributed by atoms with Gasteiger partial charge in [-0.3, -0.25) is 19.2 Å². The molecule has 0 fully saturated rings. The van der Waals surface area contributed by atoms with Gasteiger partial charge in [-0.05, 0) is 36.1 Å². The normalized spacial score (nSPS) is 10.1. The third-order valence-electron chi connectivity index (χ3n) is 3.47. The molecule has 2 aromatic rings. The molecule has 1 aromatic heterocycles. The van der Waals surface area contributed by atoms with Crippen LogP contribution in [0, 0.1) is 0 Å². The highest BCUT2D eigenvalue weighted by Crippen LogP contribution is 2.22. The molecule has 1 aromatic carbocycles. The Hall–Kier alpha value is -3.00. The summed E-state index contributed by atoms with van der Waals surface area (Å²) in [5.41, 5.74) is 0.884. The van der Waals surface area contributed by atoms with Crippen LogP contribution in [0.15, 0.2) is 35.7 Å². The number of nitrogens with one attached hydrogen (secondary N) is 2. The van der Waals surface area contributed by atoms with Crippen LogP contribution in [-0.4, -0.2) is 30.2 Å². The molecule has 0 bridgehead atoms. The average Bonchev–Trinajstić information content (AvgIpc) is 3.10. The summed E-state index contributed by atoms with van der Waals surface area (Å²) in [6.45, 7) is 2.24. The number of ketones is 1. The van der Waals surface area contributed by atoms with Crippen LogP contribution in [0.4, 0.5) is 11.4 Å². The molecule has 142 valence electrons. The summed E-state index contributed by atoms with van der Waals surface area (Å²) in [5.74, 6) is -1.55. The van der Waals surface area contributed by atoms with Crippen molar-refractivity contribution in [2.45, 2.75) is 26.7 Å². The number of ether oxygens (including phenoxy) is 1. The molecule has 0 aliphatic carbocycles. The maximum atomic E-state index is 12.4. The summed E-state index contributed by atoms with van der Waals surface area (Å²) < 4.78 is 5.05. The van der Waals surface area contributed by atoms with E-state index in [9.17, 15) is 19.2 Å². The first-order chi connectivity index (χ1) is 12.8. The van der Waals surface area contributed by atoms with Gasteiger partial charge in [-0.15, -0.1) is 11.3 Å². The second-order valence-corrected chi connectivity index (χ2v) is 6.82. The van der Waals surface area contributed by atoms with E-state index in [1.54, 1.807) is 17.4 Å². The zero-order valence-corrected chi connectivity index (χ0v) is 15.9. The minimum atomic E-state index is -0.465. The Morgan fingerprint density at radius 1 is 1.04 bits per heavy atom. The summed E-state index contributed by atoms with van der Waals surface area (Å²) in [4.78, 5) is 47.9. The number of Topliss-reactive ketones (excluding diaryl/α,β-unsaturated/α-hetero) is 1. The lowest BCUT2D eigenvalue weighted by Gasteiger charge is -2.12. The summed E-state index contributed by atoms with van der Waals surface area (Å²) in [7, 11) is 0. The van der Waals surface area contributed by atoms with E-state index in [1.807, 2.05) is 17.5 Å². The van der Waals surface area contributed by atoms with Gasteiger partial charge in [0, 0.05) is 30.0 Å². The number of aryl methyl sites for hydroxylation is 1. The first kappa shape index (κ1) is 20.3. The van der Waals surface area contributed by atoms with Crippen molar-refractivity contribution >= 4 is 46.3 Å². The molecule has 0 aliphatic heterocycles. The fourth-order valence-corrected chi connectivity index (χ4v) is 3.05. The van der Waals surface area contributed by atoms with Crippen molar-refractivity contribution in [2.24, 2.45) is 0 Å². The zero-order valence-electron chi connectivity index (χ0n) is 15.0. The molecule has 8 heteroatoms. The van der Waals surface area contributed by atoms with Crippen LogP contribution in [0.3, 0.4) is 0 Å². The highest BCUT2D eigenvalue weighted by molar-refractivity contribution is 7.09. The van der Waals surface area contributed by atoms with Gasteiger partial charge in [0.2, 0.25) is 17.6 Å². The van der Waals surface area contributed by atoms with E-state index in [0.29, 0.717) is 12.1 Å². The fraction of sp³-hybridized carbons (Fsp3) is 0.263. The van der Waals surface area contributed by atoms with Crippen molar-refractivity contribution < 1.29 is 23.9 Å². The molecule has 0 atom stereocenters. The van der Waals surface area contributed by atoms with Gasteiger partial charge in [0.1, 0.15) is 0 Å². The number of thiophene rings is 1. The molecule has 2 amide bonds. The third kappa shape index (κ3) is 6.67. The number of amides is 2. The molecular formula is C19H20N2O5S. The second-order valence-electron chi connectivity index (χ2n) is 5.79. The van der Waals surface area contributed by atoms with Crippen molar-refractivity contribution in [1.82, 2.24) is 0 Å². The van der Waals surface area contributed by atoms with Crippen LogP contribution < -0.4 is 10.6 Å². The molecule has 7 nitrogen and oxygen atoms in total. The van der Waals surface area contributed by atoms with Gasteiger partial charge in [0.05, 0.1) is 12.1 Å². The maximum absolute atomic E-state index is 12.4. The molecule has 1 heterocycles. The van der Waals surface area contributed by atoms with Crippen LogP contribution in [0.2, 0.25) is 0 Å². The Bertz CT molecular complexity index is 846. The SMILES string of the molecule is CC(=O)Nc1ccc(C(=O)COC(=O)CCc2cccs2)c(NC(C)=O)c1. The van der Waals surface area contributed by atoms with Gasteiger partial charge in [-0.1, -0.05) is 6.07 Å². The molecular weight excluding hydrogens is 368 g/mol. The number of benzene rings is 1. The van der Waals surface area contributed by atoms with Gasteiger partial charge >= 0.3 is 5.97 Å². The zero-order chi connectivity index (χ0) is 19.8. The third-order valence-corrected chi connectivity index (χ3v) is 4.41. The largest absolute Gasteiger partial charge is 0.457 e. The van der Waals surface area contributed by atoms with E-state index in [0.717, 1.165) is 4.88 Å². The lowest BCUT2D eigenvalue weighted by molar-refractivity contribution is -0.142. The minimum Gasteiger partial charge on any atom is -0.457 e. The van der Waals surface area contributed by atoms with Crippen molar-refractivity contribution in [3.8, 4) is 0 Å². The van der Waals surface area contributed by atoms with Crippen molar-refractivity contribution in [3.63, 3.8) is 0 Å². The van der Waals surface area contributed by atoms with Crippen LogP contribution in [0.25, 0.3) is 0 Å². The predicted octanol–water partition coefficient (Wildman–Crippen LogP) is 3.02. The van der Waals surface area contributed by atoms with Crippen molar-refractivity contribution in [1.29, 1.82) is 0 Å². The lowest BCUT2D eigenvalue weighted by atomic mass is 10.1. The number of rotatable bonds is 8. The number of hydrogen-bond donors (Lipinski definition) is 2. The Morgan fingerprint density at radius 3 is 2.41 bits per heavy atom. The number of esters is 1. The number of carbonyl (C=O) groups is 4. The lowest BCUT2D eigenvalue weighted by Crippen LogP contribution is -2.18. The summed E-state index contributed by atoms with van der Waals surface area (Å²) in [5, 5.41) is 7.06. The average molecular weight is 388 g/mol. The minimum absolute atomic E-state index is 0.188. The number of anilines is 2. The standard InChI is InChI=1S/C19H20N2O5S/c1-12(22)20-14-5-7-16(17(10-14)21-13(2)23)18(24)11-26-19(25)8-6-15-4-3-9-27-15/h3-5,7,9-10H,6,8,11H2,1-2H3,(H,20,22)(H,21,23). The fourth-order valence-electron chi connectivity index (χ4n) is 2.34. The van der Waals surface area contributed by atoms with Gasteiger partial charge in [-0.2, -0.15) is 0 Å². The molecule has 0 aliphatic rings. The second kappa shape index (κ2) is 9.63. The molecule has 0 saturated heterocycles. The topological polar surface area (TPSA) is 102 Å². The molecule has 0 spiro atoms. The highest BCUT2D eigenvalue weighted by Gasteiger charge is 2.16. The Balaban J connectivity index is 1.99. The molecule has 0 saturated carbocycles. The monoisotopic (exact) mass is 388 g/mol. The smallest absolute Gasteiger partial charge is 0.306 e. The van der Waals surface area contributed by atoms with E-state index >= 15 is 0 Å². The van der Waals surface area contributed by atoms with Crippen molar-refractivity contribution in [2.75, 3.05) is 17.2 Å². The van der Waals surface area contributed by atoms with Crippen LogP contribution in [0.5, 0.6) is 0 Å². The van der Waals surface area contributed by atoms with E-state index in [-0.39, 0.29) is 29.5 Å². The maximum Gasteiger partial charge on any atom is 0.306 e. The van der Waals surface area contributed by atoms with Gasteiger partial charge in [-0.25, -0.2) is 0 Å². The molecule has 2 rings (SSSR count). The first-order valence-corrected chi connectivity index (χ1v) is 9.13. The predicted molar refractivity (Wildman–Crippen MR) is 103 cm³/mol. The van der Waals surface area contributed by atoms with E-state index in [4.69, 9.17) is 4.74 Å². The van der Waals surface area contributed by atoms with Crippen LogP contribution >= 0.6 is 11.3 Å².